The number of hydrogen-bond donors (Lipinski definition) is 3. The van der Waals surface area contributed by atoms with Crippen molar-refractivity contribution in [2.24, 2.45) is 0 Å². The number of amides is 1. The van der Waals surface area contributed by atoms with Crippen LogP contribution in [0.1, 0.15) is 44.1 Å². The number of sulfonamides is 1. The maximum absolute atomic E-state index is 13.2. The van der Waals surface area contributed by atoms with Gasteiger partial charge in [-0.05, 0) is 70.0 Å². The third-order valence-electron chi connectivity index (χ3n) is 6.46. The van der Waals surface area contributed by atoms with Gasteiger partial charge in [-0.25, -0.2) is 13.4 Å². The molecule has 0 spiro atoms. The van der Waals surface area contributed by atoms with Crippen molar-refractivity contribution >= 4 is 44.0 Å². The SMILES string of the molecule is CCNc1cccnc1N(CC)C1CCN(C(=O)c2cc3cc(NS(=O)(=O)CC)ccc3[nH]2)CC1. The average Bonchev–Trinajstić information content (AvgIpc) is 3.29. The number of hydrogen-bond acceptors (Lipinski definition) is 6. The minimum Gasteiger partial charge on any atom is -0.382 e. The number of benzene rings is 1. The van der Waals surface area contributed by atoms with E-state index < -0.39 is 10.0 Å². The third kappa shape index (κ3) is 5.53. The second-order valence-corrected chi connectivity index (χ2v) is 10.7. The van der Waals surface area contributed by atoms with E-state index in [1.807, 2.05) is 17.2 Å². The van der Waals surface area contributed by atoms with Crippen LogP contribution in [0.3, 0.4) is 0 Å². The summed E-state index contributed by atoms with van der Waals surface area (Å²) in [6.07, 6.45) is 3.56. The topological polar surface area (TPSA) is 110 Å². The molecule has 0 radical (unpaired) electrons. The van der Waals surface area contributed by atoms with E-state index in [2.05, 4.69) is 44.8 Å². The summed E-state index contributed by atoms with van der Waals surface area (Å²) < 4.78 is 26.3. The van der Waals surface area contributed by atoms with E-state index >= 15 is 0 Å². The van der Waals surface area contributed by atoms with Crippen molar-refractivity contribution < 1.29 is 13.2 Å². The van der Waals surface area contributed by atoms with Crippen LogP contribution < -0.4 is 14.9 Å². The first-order valence-corrected chi connectivity index (χ1v) is 13.9. The lowest BCUT2D eigenvalue weighted by Gasteiger charge is -2.39. The van der Waals surface area contributed by atoms with Crippen molar-refractivity contribution in [3.05, 3.63) is 48.3 Å². The third-order valence-corrected chi connectivity index (χ3v) is 7.77. The maximum Gasteiger partial charge on any atom is 0.270 e. The van der Waals surface area contributed by atoms with Gasteiger partial charge >= 0.3 is 0 Å². The lowest BCUT2D eigenvalue weighted by Crippen LogP contribution is -2.47. The van der Waals surface area contributed by atoms with Crippen molar-refractivity contribution in [1.29, 1.82) is 0 Å². The Morgan fingerprint density at radius 1 is 1.17 bits per heavy atom. The number of nitrogens with one attached hydrogen (secondary N) is 3. The van der Waals surface area contributed by atoms with Gasteiger partial charge in [0.2, 0.25) is 10.0 Å². The number of carbonyl (C=O) groups excluding carboxylic acids is 1. The van der Waals surface area contributed by atoms with E-state index in [4.69, 9.17) is 0 Å². The number of likely N-dealkylation sites (tertiary alicyclic amines) is 1. The molecule has 4 rings (SSSR count). The molecule has 3 N–H and O–H groups in total. The van der Waals surface area contributed by atoms with E-state index in [9.17, 15) is 13.2 Å². The number of aromatic amines is 1. The molecule has 1 aliphatic heterocycles. The van der Waals surface area contributed by atoms with Crippen molar-refractivity contribution in [1.82, 2.24) is 14.9 Å². The summed E-state index contributed by atoms with van der Waals surface area (Å²) in [5, 5.41) is 4.19. The van der Waals surface area contributed by atoms with Crippen LogP contribution in [0.2, 0.25) is 0 Å². The van der Waals surface area contributed by atoms with E-state index in [0.29, 0.717) is 30.5 Å². The molecule has 0 atom stereocenters. The molecule has 35 heavy (non-hydrogen) atoms. The Balaban J connectivity index is 1.44. The quantitative estimate of drug-likeness (QED) is 0.413. The van der Waals surface area contributed by atoms with Crippen molar-refractivity contribution in [2.75, 3.05) is 46.9 Å². The molecule has 3 heterocycles. The van der Waals surface area contributed by atoms with Crippen LogP contribution in [0.5, 0.6) is 0 Å². The molecular weight excluding hydrogens is 464 g/mol. The van der Waals surface area contributed by atoms with Gasteiger partial charge in [-0.1, -0.05) is 0 Å². The van der Waals surface area contributed by atoms with Crippen molar-refractivity contribution in [2.45, 2.75) is 39.7 Å². The highest BCUT2D eigenvalue weighted by Crippen LogP contribution is 2.29. The molecule has 0 saturated carbocycles. The van der Waals surface area contributed by atoms with Gasteiger partial charge in [-0.2, -0.15) is 0 Å². The van der Waals surface area contributed by atoms with E-state index in [0.717, 1.165) is 48.3 Å². The number of rotatable bonds is 9. The number of carbonyl (C=O) groups is 1. The molecule has 1 fully saturated rings. The van der Waals surface area contributed by atoms with Crippen molar-refractivity contribution in [3.8, 4) is 0 Å². The zero-order valence-corrected chi connectivity index (χ0v) is 21.4. The molecule has 1 aromatic carbocycles. The Morgan fingerprint density at radius 3 is 2.63 bits per heavy atom. The van der Waals surface area contributed by atoms with Crippen LogP contribution in [0.4, 0.5) is 17.2 Å². The molecule has 0 bridgehead atoms. The number of nitrogens with zero attached hydrogens (tertiary/aromatic N) is 3. The highest BCUT2D eigenvalue weighted by molar-refractivity contribution is 7.92. The monoisotopic (exact) mass is 498 g/mol. The minimum atomic E-state index is -3.36. The Kier molecular flexibility index (Phi) is 7.49. The number of fused-ring (bicyclic) bond motifs is 1. The number of H-pyrrole nitrogens is 1. The van der Waals surface area contributed by atoms with Gasteiger partial charge in [0.25, 0.3) is 5.91 Å². The van der Waals surface area contributed by atoms with Crippen LogP contribution in [0.15, 0.2) is 42.6 Å². The first-order valence-electron chi connectivity index (χ1n) is 12.2. The van der Waals surface area contributed by atoms with Crippen LogP contribution in [0, 0.1) is 0 Å². The van der Waals surface area contributed by atoms with Gasteiger partial charge in [0, 0.05) is 55.0 Å². The minimum absolute atomic E-state index is 0.00405. The molecule has 188 valence electrons. The maximum atomic E-state index is 13.2. The highest BCUT2D eigenvalue weighted by Gasteiger charge is 2.29. The molecule has 9 nitrogen and oxygen atoms in total. The Hall–Kier alpha value is -3.27. The van der Waals surface area contributed by atoms with Crippen LogP contribution in [0.25, 0.3) is 10.9 Å². The molecule has 1 saturated heterocycles. The second kappa shape index (κ2) is 10.6. The van der Waals surface area contributed by atoms with Gasteiger partial charge in [0.15, 0.2) is 5.82 Å². The summed E-state index contributed by atoms with van der Waals surface area (Å²) >= 11 is 0. The number of anilines is 3. The van der Waals surface area contributed by atoms with Crippen LogP contribution >= 0.6 is 0 Å². The fraction of sp³-hybridized carbons (Fsp3) is 0.440. The molecule has 1 amide bonds. The first-order chi connectivity index (χ1) is 16.8. The first kappa shape index (κ1) is 24.8. The second-order valence-electron chi connectivity index (χ2n) is 8.70. The van der Waals surface area contributed by atoms with Gasteiger partial charge in [0.05, 0.1) is 11.4 Å². The fourth-order valence-corrected chi connectivity index (χ4v) is 5.28. The largest absolute Gasteiger partial charge is 0.382 e. The predicted molar refractivity (Wildman–Crippen MR) is 142 cm³/mol. The van der Waals surface area contributed by atoms with E-state index in [-0.39, 0.29) is 11.7 Å². The number of aromatic nitrogens is 2. The summed E-state index contributed by atoms with van der Waals surface area (Å²) in [6.45, 7) is 8.82. The Morgan fingerprint density at radius 2 is 1.94 bits per heavy atom. The average molecular weight is 499 g/mol. The number of piperidine rings is 1. The predicted octanol–water partition coefficient (Wildman–Crippen LogP) is 3.89. The zero-order valence-electron chi connectivity index (χ0n) is 20.5. The molecule has 3 aromatic rings. The standard InChI is InChI=1S/C25H34N6O3S/c1-4-26-22-8-7-13-27-24(22)31(5-2)20-11-14-30(15-12-20)25(32)23-17-18-16-19(9-10-21(18)28-23)29-35(33,34)6-3/h7-10,13,16-17,20,26,28-29H,4-6,11-12,14-15H2,1-3H3. The molecule has 2 aromatic heterocycles. The molecule has 1 aliphatic rings. The van der Waals surface area contributed by atoms with E-state index in [1.165, 1.54) is 0 Å². The lowest BCUT2D eigenvalue weighted by molar-refractivity contribution is 0.0707. The summed E-state index contributed by atoms with van der Waals surface area (Å²) in [4.78, 5) is 25.3. The van der Waals surface area contributed by atoms with Crippen molar-refractivity contribution in [3.63, 3.8) is 0 Å². The molecule has 10 heteroatoms. The molecule has 0 aliphatic carbocycles. The zero-order chi connectivity index (χ0) is 25.0. The van der Waals surface area contributed by atoms with Gasteiger partial charge in [0.1, 0.15) is 5.69 Å². The van der Waals surface area contributed by atoms with Gasteiger partial charge in [-0.15, -0.1) is 0 Å². The van der Waals surface area contributed by atoms with E-state index in [1.54, 1.807) is 31.2 Å². The smallest absolute Gasteiger partial charge is 0.270 e. The summed E-state index contributed by atoms with van der Waals surface area (Å²) in [5.41, 5.74) is 2.84. The normalized spacial score (nSPS) is 14.8. The summed E-state index contributed by atoms with van der Waals surface area (Å²) in [5.74, 6) is 0.931. The highest BCUT2D eigenvalue weighted by atomic mass is 32.2. The molecular formula is C25H34N6O3S. The summed E-state index contributed by atoms with van der Waals surface area (Å²) in [6, 6.07) is 11.3. The molecule has 0 unspecified atom stereocenters. The Labute approximate surface area is 207 Å². The van der Waals surface area contributed by atoms with Gasteiger partial charge < -0.3 is 20.1 Å². The number of pyridine rings is 1. The van der Waals surface area contributed by atoms with Crippen LogP contribution in [-0.4, -0.2) is 67.2 Å². The lowest BCUT2D eigenvalue weighted by atomic mass is 10.0. The van der Waals surface area contributed by atoms with Crippen LogP contribution in [-0.2, 0) is 10.0 Å². The summed E-state index contributed by atoms with van der Waals surface area (Å²) in [7, 11) is -3.36. The Bertz CT molecular complexity index is 1280. The van der Waals surface area contributed by atoms with Gasteiger partial charge in [-0.3, -0.25) is 9.52 Å². The fourth-order valence-electron chi connectivity index (χ4n) is 4.65.